The fourth-order valence-corrected chi connectivity index (χ4v) is 5.19. The molecule has 1 unspecified atom stereocenters. The van der Waals surface area contributed by atoms with Gasteiger partial charge in [0.2, 0.25) is 11.8 Å². The molecule has 158 valence electrons. The number of nitrogens with zero attached hydrogens (tertiary/aromatic N) is 2. The molecule has 2 heterocycles. The van der Waals surface area contributed by atoms with Crippen LogP contribution in [0.2, 0.25) is 0 Å². The van der Waals surface area contributed by atoms with E-state index in [4.69, 9.17) is 0 Å². The van der Waals surface area contributed by atoms with E-state index in [2.05, 4.69) is 22.4 Å². The lowest BCUT2D eigenvalue weighted by Gasteiger charge is -2.29. The lowest BCUT2D eigenvalue weighted by Crippen LogP contribution is -2.44. The minimum Gasteiger partial charge on any atom is -0.359 e. The van der Waals surface area contributed by atoms with Gasteiger partial charge >= 0.3 is 0 Å². The van der Waals surface area contributed by atoms with Crippen LogP contribution in [0.15, 0.2) is 48.8 Å². The van der Waals surface area contributed by atoms with Gasteiger partial charge in [-0.25, -0.2) is 0 Å². The molecule has 1 saturated heterocycles. The van der Waals surface area contributed by atoms with Crippen LogP contribution >= 0.6 is 0 Å². The summed E-state index contributed by atoms with van der Waals surface area (Å²) in [4.78, 5) is 32.2. The molecule has 1 saturated carbocycles. The van der Waals surface area contributed by atoms with Gasteiger partial charge in [-0.1, -0.05) is 43.2 Å². The first-order valence-electron chi connectivity index (χ1n) is 11.1. The number of hydrogen-bond donors (Lipinski definition) is 1. The van der Waals surface area contributed by atoms with Crippen molar-refractivity contribution >= 4 is 11.8 Å². The topological polar surface area (TPSA) is 62.3 Å². The maximum atomic E-state index is 13.0. The number of rotatable bonds is 6. The molecule has 5 nitrogen and oxygen atoms in total. The average Bonchev–Trinajstić information content (AvgIpc) is 3.45. The Morgan fingerprint density at radius 1 is 1.17 bits per heavy atom. The molecule has 30 heavy (non-hydrogen) atoms. The number of benzene rings is 1. The molecular formula is C25H31N3O2. The van der Waals surface area contributed by atoms with E-state index in [1.165, 1.54) is 25.7 Å². The number of hydrogen-bond acceptors (Lipinski definition) is 3. The van der Waals surface area contributed by atoms with E-state index in [0.717, 1.165) is 16.7 Å². The number of carbonyl (C=O) groups excluding carboxylic acids is 2. The van der Waals surface area contributed by atoms with Gasteiger partial charge in [-0.2, -0.15) is 0 Å². The molecule has 4 rings (SSSR count). The molecule has 5 heteroatoms. The zero-order valence-corrected chi connectivity index (χ0v) is 17.8. The third kappa shape index (κ3) is 4.25. The quantitative estimate of drug-likeness (QED) is 0.794. The molecule has 0 bridgehead atoms. The van der Waals surface area contributed by atoms with E-state index < -0.39 is 5.41 Å². The normalized spacial score (nSPS) is 21.7. The van der Waals surface area contributed by atoms with Gasteiger partial charge in [0.15, 0.2) is 0 Å². The summed E-state index contributed by atoms with van der Waals surface area (Å²) in [6.45, 7) is 1.16. The zero-order valence-electron chi connectivity index (χ0n) is 17.8. The van der Waals surface area contributed by atoms with E-state index in [-0.39, 0.29) is 11.8 Å². The molecule has 0 spiro atoms. The molecule has 2 aromatic rings. The standard InChI is InChI=1S/C25H31N3O2/c1-26-24(30)25(12-14-28(18-25)23(29)15-19-7-2-3-8-19)16-20-9-4-5-11-22(20)21-10-6-13-27-17-21/h4-6,9-11,13,17,19H,2-3,7-8,12,14-16,18H2,1H3,(H,26,30). The summed E-state index contributed by atoms with van der Waals surface area (Å²) in [7, 11) is 1.69. The number of pyridine rings is 1. The van der Waals surface area contributed by atoms with Crippen LogP contribution in [0.3, 0.4) is 0 Å². The van der Waals surface area contributed by atoms with Gasteiger partial charge < -0.3 is 10.2 Å². The number of aromatic nitrogens is 1. The predicted molar refractivity (Wildman–Crippen MR) is 118 cm³/mol. The highest BCUT2D eigenvalue weighted by Crippen LogP contribution is 2.38. The number of carbonyl (C=O) groups is 2. The Balaban J connectivity index is 1.56. The Kier molecular flexibility index (Phi) is 6.16. The molecule has 0 radical (unpaired) electrons. The van der Waals surface area contributed by atoms with Crippen LogP contribution in [0, 0.1) is 11.3 Å². The van der Waals surface area contributed by atoms with Crippen LogP contribution in [0.25, 0.3) is 11.1 Å². The van der Waals surface area contributed by atoms with Crippen molar-refractivity contribution in [3.63, 3.8) is 0 Å². The van der Waals surface area contributed by atoms with Crippen molar-refractivity contribution < 1.29 is 9.59 Å². The first-order valence-corrected chi connectivity index (χ1v) is 11.1. The van der Waals surface area contributed by atoms with E-state index in [0.29, 0.717) is 38.3 Å². The fourth-order valence-electron chi connectivity index (χ4n) is 5.19. The smallest absolute Gasteiger partial charge is 0.228 e. The van der Waals surface area contributed by atoms with Gasteiger partial charge in [0, 0.05) is 44.5 Å². The minimum absolute atomic E-state index is 0.0275. The van der Waals surface area contributed by atoms with Crippen LogP contribution in [-0.4, -0.2) is 41.8 Å². The number of amides is 2. The lowest BCUT2D eigenvalue weighted by atomic mass is 9.78. The molecular weight excluding hydrogens is 374 g/mol. The van der Waals surface area contributed by atoms with Crippen molar-refractivity contribution in [1.29, 1.82) is 0 Å². The third-order valence-corrected chi connectivity index (χ3v) is 6.87. The van der Waals surface area contributed by atoms with E-state index in [9.17, 15) is 9.59 Å². The average molecular weight is 406 g/mol. The molecule has 1 aromatic heterocycles. The van der Waals surface area contributed by atoms with Crippen molar-refractivity contribution in [3.05, 3.63) is 54.4 Å². The largest absolute Gasteiger partial charge is 0.359 e. The maximum Gasteiger partial charge on any atom is 0.228 e. The maximum absolute atomic E-state index is 13.0. The van der Waals surface area contributed by atoms with Gasteiger partial charge in [-0.05, 0) is 48.8 Å². The summed E-state index contributed by atoms with van der Waals surface area (Å²) in [5.74, 6) is 0.770. The highest BCUT2D eigenvalue weighted by Gasteiger charge is 2.46. The zero-order chi connectivity index (χ0) is 21.0. The summed E-state index contributed by atoms with van der Waals surface area (Å²) < 4.78 is 0. The van der Waals surface area contributed by atoms with Gasteiger partial charge in [0.1, 0.15) is 0 Å². The van der Waals surface area contributed by atoms with Crippen molar-refractivity contribution in [1.82, 2.24) is 15.2 Å². The molecule has 1 aliphatic heterocycles. The Bertz CT molecular complexity index is 892. The highest BCUT2D eigenvalue weighted by atomic mass is 16.2. The number of nitrogens with one attached hydrogen (secondary N) is 1. The monoisotopic (exact) mass is 405 g/mol. The SMILES string of the molecule is CNC(=O)C1(Cc2ccccc2-c2cccnc2)CCN(C(=O)CC2CCCC2)C1. The molecule has 1 atom stereocenters. The summed E-state index contributed by atoms with van der Waals surface area (Å²) in [5, 5.41) is 2.87. The van der Waals surface area contributed by atoms with Gasteiger partial charge in [-0.3, -0.25) is 14.6 Å². The summed E-state index contributed by atoms with van der Waals surface area (Å²) in [5.41, 5.74) is 2.69. The van der Waals surface area contributed by atoms with E-state index in [1.54, 1.807) is 13.2 Å². The molecule has 1 N–H and O–H groups in total. The molecule has 2 aliphatic rings. The van der Waals surface area contributed by atoms with Crippen LogP contribution < -0.4 is 5.32 Å². The van der Waals surface area contributed by atoms with Crippen LogP contribution in [-0.2, 0) is 16.0 Å². The predicted octanol–water partition coefficient (Wildman–Crippen LogP) is 3.84. The lowest BCUT2D eigenvalue weighted by molar-refractivity contribution is -0.133. The Hall–Kier alpha value is -2.69. The van der Waals surface area contributed by atoms with Crippen LogP contribution in [0.4, 0.5) is 0 Å². The second kappa shape index (κ2) is 8.99. The van der Waals surface area contributed by atoms with Crippen LogP contribution in [0.5, 0.6) is 0 Å². The first-order chi connectivity index (χ1) is 14.6. The summed E-state index contributed by atoms with van der Waals surface area (Å²) in [6.07, 6.45) is 10.4. The second-order valence-electron chi connectivity index (χ2n) is 8.85. The van der Waals surface area contributed by atoms with E-state index in [1.807, 2.05) is 35.4 Å². The number of likely N-dealkylation sites (tertiary alicyclic amines) is 1. The van der Waals surface area contributed by atoms with E-state index >= 15 is 0 Å². The summed E-state index contributed by atoms with van der Waals surface area (Å²) >= 11 is 0. The van der Waals surface area contributed by atoms with Gasteiger partial charge in [0.05, 0.1) is 5.41 Å². The van der Waals surface area contributed by atoms with Crippen molar-refractivity contribution in [2.75, 3.05) is 20.1 Å². The van der Waals surface area contributed by atoms with Crippen LogP contribution in [0.1, 0.15) is 44.1 Å². The molecule has 2 amide bonds. The fraction of sp³-hybridized carbons (Fsp3) is 0.480. The first kappa shape index (κ1) is 20.6. The Morgan fingerprint density at radius 3 is 2.70 bits per heavy atom. The molecule has 1 aliphatic carbocycles. The highest BCUT2D eigenvalue weighted by molar-refractivity contribution is 5.86. The van der Waals surface area contributed by atoms with Crippen molar-refractivity contribution in [2.45, 2.75) is 44.9 Å². The molecule has 1 aromatic carbocycles. The summed E-state index contributed by atoms with van der Waals surface area (Å²) in [6, 6.07) is 12.2. The third-order valence-electron chi connectivity index (χ3n) is 6.87. The van der Waals surface area contributed by atoms with Crippen molar-refractivity contribution in [3.8, 4) is 11.1 Å². The minimum atomic E-state index is -0.585. The Morgan fingerprint density at radius 2 is 1.97 bits per heavy atom. The Labute approximate surface area is 178 Å². The molecule has 2 fully saturated rings. The van der Waals surface area contributed by atoms with Gasteiger partial charge in [-0.15, -0.1) is 0 Å². The van der Waals surface area contributed by atoms with Gasteiger partial charge in [0.25, 0.3) is 0 Å². The second-order valence-corrected chi connectivity index (χ2v) is 8.85. The van der Waals surface area contributed by atoms with Crippen molar-refractivity contribution in [2.24, 2.45) is 11.3 Å².